The van der Waals surface area contributed by atoms with Crippen LogP contribution in [0.25, 0.3) is 0 Å². The Morgan fingerprint density at radius 1 is 1.14 bits per heavy atom. The summed E-state index contributed by atoms with van der Waals surface area (Å²) in [5, 5.41) is 4.53. The summed E-state index contributed by atoms with van der Waals surface area (Å²) in [5.74, 6) is -0.620. The van der Waals surface area contributed by atoms with E-state index < -0.39 is 5.97 Å². The highest BCUT2D eigenvalue weighted by molar-refractivity contribution is 7.12. The van der Waals surface area contributed by atoms with Gasteiger partial charge >= 0.3 is 5.97 Å². The molecular weight excluding hydrogens is 380 g/mol. The van der Waals surface area contributed by atoms with Crippen molar-refractivity contribution in [3.63, 3.8) is 0 Å². The van der Waals surface area contributed by atoms with Crippen LogP contribution in [0.15, 0.2) is 64.6 Å². The number of carbonyl (C=O) groups is 3. The van der Waals surface area contributed by atoms with Gasteiger partial charge in [0.1, 0.15) is 5.76 Å². The quantitative estimate of drug-likeness (QED) is 0.616. The molecule has 0 spiro atoms. The van der Waals surface area contributed by atoms with Crippen molar-refractivity contribution in [2.75, 3.05) is 19.0 Å². The van der Waals surface area contributed by atoms with E-state index in [1.54, 1.807) is 49.5 Å². The molecule has 2 aromatic heterocycles. The van der Waals surface area contributed by atoms with Gasteiger partial charge in [-0.1, -0.05) is 12.1 Å². The lowest BCUT2D eigenvalue weighted by molar-refractivity contribution is -0.133. The van der Waals surface area contributed by atoms with E-state index in [1.807, 2.05) is 5.38 Å². The molecule has 0 aliphatic heterocycles. The molecule has 0 radical (unpaired) electrons. The minimum Gasteiger partial charge on any atom is -0.467 e. The van der Waals surface area contributed by atoms with Gasteiger partial charge in [-0.2, -0.15) is 0 Å². The molecule has 8 heteroatoms. The van der Waals surface area contributed by atoms with Crippen molar-refractivity contribution in [1.82, 2.24) is 4.90 Å². The number of ether oxygens (including phenoxy) is 1. The van der Waals surface area contributed by atoms with Crippen molar-refractivity contribution < 1.29 is 23.5 Å². The predicted octanol–water partition coefficient (Wildman–Crippen LogP) is 3.41. The Morgan fingerprint density at radius 2 is 2.00 bits per heavy atom. The zero-order valence-corrected chi connectivity index (χ0v) is 15.9. The lowest BCUT2D eigenvalue weighted by atomic mass is 10.2. The number of carbonyl (C=O) groups excluding carboxylic acids is 3. The van der Waals surface area contributed by atoms with E-state index in [0.717, 1.165) is 0 Å². The SMILES string of the molecule is CN(Cc1ccco1)C(=O)COC(=O)c1cccc(NC(=O)c2cccs2)c1. The van der Waals surface area contributed by atoms with Gasteiger partial charge in [-0.05, 0) is 41.8 Å². The van der Waals surface area contributed by atoms with Crippen molar-refractivity contribution in [2.24, 2.45) is 0 Å². The largest absolute Gasteiger partial charge is 0.467 e. The van der Waals surface area contributed by atoms with Gasteiger partial charge in [-0.15, -0.1) is 11.3 Å². The van der Waals surface area contributed by atoms with Crippen molar-refractivity contribution in [3.8, 4) is 0 Å². The molecule has 3 aromatic rings. The Bertz CT molecular complexity index is 951. The molecule has 0 bridgehead atoms. The van der Waals surface area contributed by atoms with Crippen molar-refractivity contribution in [3.05, 3.63) is 76.4 Å². The minimum atomic E-state index is -0.646. The van der Waals surface area contributed by atoms with Crippen LogP contribution < -0.4 is 5.32 Å². The molecular formula is C20H18N2O5S. The Kier molecular flexibility index (Phi) is 6.23. The average molecular weight is 398 g/mol. The van der Waals surface area contributed by atoms with Gasteiger partial charge in [0.05, 0.1) is 23.2 Å². The summed E-state index contributed by atoms with van der Waals surface area (Å²) in [7, 11) is 1.60. The number of amides is 2. The number of rotatable bonds is 7. The molecule has 0 saturated heterocycles. The molecule has 2 heterocycles. The highest BCUT2D eigenvalue weighted by Crippen LogP contribution is 2.15. The smallest absolute Gasteiger partial charge is 0.338 e. The van der Waals surface area contributed by atoms with Crippen LogP contribution >= 0.6 is 11.3 Å². The summed E-state index contributed by atoms with van der Waals surface area (Å²) in [6.07, 6.45) is 1.53. The van der Waals surface area contributed by atoms with Gasteiger partial charge in [-0.3, -0.25) is 9.59 Å². The third-order valence-electron chi connectivity index (χ3n) is 3.83. The van der Waals surface area contributed by atoms with Crippen molar-refractivity contribution in [1.29, 1.82) is 0 Å². The first-order valence-corrected chi connectivity index (χ1v) is 9.29. The zero-order valence-electron chi connectivity index (χ0n) is 15.1. The van der Waals surface area contributed by atoms with Crippen LogP contribution in [0.1, 0.15) is 25.8 Å². The second kappa shape index (κ2) is 9.01. The summed E-state index contributed by atoms with van der Waals surface area (Å²) >= 11 is 1.32. The van der Waals surface area contributed by atoms with E-state index in [0.29, 0.717) is 16.3 Å². The van der Waals surface area contributed by atoms with Crippen LogP contribution in [-0.2, 0) is 16.1 Å². The summed E-state index contributed by atoms with van der Waals surface area (Å²) in [4.78, 5) is 38.4. The number of likely N-dealkylation sites (N-methyl/N-ethyl adjacent to an activating group) is 1. The number of nitrogens with one attached hydrogen (secondary N) is 1. The monoisotopic (exact) mass is 398 g/mol. The van der Waals surface area contributed by atoms with Crippen LogP contribution in [-0.4, -0.2) is 36.3 Å². The van der Waals surface area contributed by atoms with E-state index in [1.165, 1.54) is 28.6 Å². The second-order valence-electron chi connectivity index (χ2n) is 5.92. The molecule has 0 aliphatic rings. The first-order valence-electron chi connectivity index (χ1n) is 8.41. The molecule has 0 aliphatic carbocycles. The fraction of sp³-hybridized carbons (Fsp3) is 0.150. The number of furan rings is 1. The van der Waals surface area contributed by atoms with Gasteiger partial charge in [0.15, 0.2) is 6.61 Å². The number of thiophene rings is 1. The predicted molar refractivity (Wildman–Crippen MR) is 104 cm³/mol. The molecule has 1 N–H and O–H groups in total. The number of hydrogen-bond donors (Lipinski definition) is 1. The molecule has 7 nitrogen and oxygen atoms in total. The molecule has 144 valence electrons. The van der Waals surface area contributed by atoms with E-state index in [4.69, 9.17) is 9.15 Å². The number of nitrogens with zero attached hydrogens (tertiary/aromatic N) is 1. The summed E-state index contributed by atoms with van der Waals surface area (Å²) in [5.41, 5.74) is 0.708. The van der Waals surface area contributed by atoms with Gasteiger partial charge in [-0.25, -0.2) is 4.79 Å². The molecule has 0 unspecified atom stereocenters. The number of hydrogen-bond acceptors (Lipinski definition) is 6. The van der Waals surface area contributed by atoms with Crippen molar-refractivity contribution in [2.45, 2.75) is 6.54 Å². The zero-order chi connectivity index (χ0) is 19.9. The highest BCUT2D eigenvalue weighted by atomic mass is 32.1. The van der Waals surface area contributed by atoms with Gasteiger partial charge in [0.25, 0.3) is 11.8 Å². The molecule has 3 rings (SSSR count). The van der Waals surface area contributed by atoms with Crippen LogP contribution in [0.3, 0.4) is 0 Å². The maximum atomic E-state index is 12.2. The fourth-order valence-electron chi connectivity index (χ4n) is 2.37. The summed E-state index contributed by atoms with van der Waals surface area (Å²) in [6, 6.07) is 13.3. The van der Waals surface area contributed by atoms with Crippen molar-refractivity contribution >= 4 is 34.8 Å². The molecule has 0 fully saturated rings. The third-order valence-corrected chi connectivity index (χ3v) is 4.70. The summed E-state index contributed by atoms with van der Waals surface area (Å²) < 4.78 is 10.3. The maximum absolute atomic E-state index is 12.2. The summed E-state index contributed by atoms with van der Waals surface area (Å²) in [6.45, 7) is -0.102. The van der Waals surface area contributed by atoms with E-state index in [9.17, 15) is 14.4 Å². The lowest BCUT2D eigenvalue weighted by Gasteiger charge is -2.15. The van der Waals surface area contributed by atoms with Gasteiger partial charge in [0.2, 0.25) is 0 Å². The standard InChI is InChI=1S/C20H18N2O5S/c1-22(12-16-7-3-9-26-16)18(23)13-27-20(25)14-5-2-6-15(11-14)21-19(24)17-8-4-10-28-17/h2-11H,12-13H2,1H3,(H,21,24). The second-order valence-corrected chi connectivity index (χ2v) is 6.87. The Morgan fingerprint density at radius 3 is 2.71 bits per heavy atom. The molecule has 2 amide bonds. The van der Waals surface area contributed by atoms with E-state index >= 15 is 0 Å². The normalized spacial score (nSPS) is 10.3. The van der Waals surface area contributed by atoms with E-state index in [2.05, 4.69) is 5.32 Å². The number of benzene rings is 1. The van der Waals surface area contributed by atoms with Crippen LogP contribution in [0, 0.1) is 0 Å². The first kappa shape index (κ1) is 19.4. The minimum absolute atomic E-state index is 0.241. The number of anilines is 1. The van der Waals surface area contributed by atoms with Gasteiger partial charge < -0.3 is 19.4 Å². The fourth-order valence-corrected chi connectivity index (χ4v) is 2.99. The topological polar surface area (TPSA) is 88.8 Å². The van der Waals surface area contributed by atoms with Crippen LogP contribution in [0.4, 0.5) is 5.69 Å². The average Bonchev–Trinajstić information content (AvgIpc) is 3.40. The Labute approximate surface area is 165 Å². The van der Waals surface area contributed by atoms with E-state index in [-0.39, 0.29) is 30.5 Å². The Hall–Kier alpha value is -3.39. The maximum Gasteiger partial charge on any atom is 0.338 e. The van der Waals surface area contributed by atoms with Crippen LogP contribution in [0.2, 0.25) is 0 Å². The van der Waals surface area contributed by atoms with Crippen LogP contribution in [0.5, 0.6) is 0 Å². The van der Waals surface area contributed by atoms with Gasteiger partial charge in [0, 0.05) is 12.7 Å². The molecule has 0 atom stereocenters. The molecule has 28 heavy (non-hydrogen) atoms. The lowest BCUT2D eigenvalue weighted by Crippen LogP contribution is -2.30. The number of esters is 1. The molecule has 0 saturated carbocycles. The Balaban J connectivity index is 1.54. The highest BCUT2D eigenvalue weighted by Gasteiger charge is 2.15. The third kappa shape index (κ3) is 5.08. The first-order chi connectivity index (χ1) is 13.5. The molecule has 1 aromatic carbocycles.